The predicted molar refractivity (Wildman–Crippen MR) is 77.1 cm³/mol. The Balaban J connectivity index is 2.67. The Kier molecular flexibility index (Phi) is 6.14. The molecule has 0 bridgehead atoms. The molecule has 0 aliphatic carbocycles. The molecule has 6 heteroatoms. The van der Waals surface area contributed by atoms with Crippen molar-refractivity contribution in [1.29, 1.82) is 0 Å². The summed E-state index contributed by atoms with van der Waals surface area (Å²) in [6, 6.07) is 6.65. The maximum atomic E-state index is 12.0. The zero-order valence-electron chi connectivity index (χ0n) is 10.7. The van der Waals surface area contributed by atoms with Crippen LogP contribution < -0.4 is 10.5 Å². The van der Waals surface area contributed by atoms with Crippen LogP contribution >= 0.6 is 11.8 Å². The number of nitrogens with two attached hydrogens (primary N) is 1. The summed E-state index contributed by atoms with van der Waals surface area (Å²) in [6.07, 6.45) is 2.01. The first kappa shape index (κ1) is 15.5. The average molecular weight is 288 g/mol. The number of hydrogen-bond donors (Lipinski definition) is 2. The SMILES string of the molecule is CSCC(C)CNS(=O)(=O)c1ccc(CN)cc1. The molecule has 1 rings (SSSR count). The van der Waals surface area contributed by atoms with Crippen LogP contribution in [0.1, 0.15) is 12.5 Å². The van der Waals surface area contributed by atoms with E-state index in [0.29, 0.717) is 19.0 Å². The Labute approximate surface area is 113 Å². The Bertz CT molecular complexity index is 457. The molecule has 18 heavy (non-hydrogen) atoms. The molecular formula is C12H20N2O2S2. The van der Waals surface area contributed by atoms with E-state index >= 15 is 0 Å². The van der Waals surface area contributed by atoms with Crippen LogP contribution in [0.2, 0.25) is 0 Å². The lowest BCUT2D eigenvalue weighted by Crippen LogP contribution is -2.29. The van der Waals surface area contributed by atoms with Crippen molar-refractivity contribution >= 4 is 21.8 Å². The zero-order chi connectivity index (χ0) is 13.6. The number of benzene rings is 1. The Hall–Kier alpha value is -0.560. The van der Waals surface area contributed by atoms with Crippen LogP contribution in [0.5, 0.6) is 0 Å². The van der Waals surface area contributed by atoms with Crippen LogP contribution in [0.3, 0.4) is 0 Å². The molecule has 4 nitrogen and oxygen atoms in total. The van der Waals surface area contributed by atoms with E-state index in [-0.39, 0.29) is 4.90 Å². The van der Waals surface area contributed by atoms with E-state index in [0.717, 1.165) is 11.3 Å². The summed E-state index contributed by atoms with van der Waals surface area (Å²) >= 11 is 1.71. The smallest absolute Gasteiger partial charge is 0.240 e. The van der Waals surface area contributed by atoms with Crippen molar-refractivity contribution < 1.29 is 8.42 Å². The molecular weight excluding hydrogens is 268 g/mol. The first-order chi connectivity index (χ1) is 8.49. The summed E-state index contributed by atoms with van der Waals surface area (Å²) in [5.41, 5.74) is 6.39. The number of thioether (sulfide) groups is 1. The van der Waals surface area contributed by atoms with E-state index in [1.165, 1.54) is 0 Å². The van der Waals surface area contributed by atoms with Crippen molar-refractivity contribution in [3.05, 3.63) is 29.8 Å². The Morgan fingerprint density at radius 3 is 2.44 bits per heavy atom. The fourth-order valence-electron chi connectivity index (χ4n) is 1.48. The molecule has 1 aromatic rings. The van der Waals surface area contributed by atoms with E-state index in [9.17, 15) is 8.42 Å². The number of hydrogen-bond acceptors (Lipinski definition) is 4. The number of rotatable bonds is 7. The summed E-state index contributed by atoms with van der Waals surface area (Å²) < 4.78 is 26.6. The lowest BCUT2D eigenvalue weighted by atomic mass is 10.2. The van der Waals surface area contributed by atoms with Gasteiger partial charge in [-0.05, 0) is 35.6 Å². The van der Waals surface area contributed by atoms with Gasteiger partial charge >= 0.3 is 0 Å². The third kappa shape index (κ3) is 4.61. The lowest BCUT2D eigenvalue weighted by molar-refractivity contribution is 0.562. The molecule has 0 saturated heterocycles. The summed E-state index contributed by atoms with van der Waals surface area (Å²) in [5, 5.41) is 0. The van der Waals surface area contributed by atoms with Crippen LogP contribution in [0.4, 0.5) is 0 Å². The number of sulfonamides is 1. The molecule has 1 unspecified atom stereocenters. The van der Waals surface area contributed by atoms with Gasteiger partial charge in [0.15, 0.2) is 0 Å². The molecule has 1 aromatic carbocycles. The van der Waals surface area contributed by atoms with Gasteiger partial charge in [0.1, 0.15) is 0 Å². The summed E-state index contributed by atoms with van der Waals surface area (Å²) in [6.45, 7) is 2.90. The van der Waals surface area contributed by atoms with Gasteiger partial charge < -0.3 is 5.73 Å². The third-order valence-electron chi connectivity index (χ3n) is 2.54. The molecule has 0 aliphatic rings. The zero-order valence-corrected chi connectivity index (χ0v) is 12.4. The van der Waals surface area contributed by atoms with E-state index in [1.54, 1.807) is 36.0 Å². The third-order valence-corrected chi connectivity index (χ3v) is 4.88. The van der Waals surface area contributed by atoms with E-state index < -0.39 is 10.0 Å². The maximum absolute atomic E-state index is 12.0. The molecule has 0 fully saturated rings. The normalized spacial score (nSPS) is 13.5. The lowest BCUT2D eigenvalue weighted by Gasteiger charge is -2.12. The van der Waals surface area contributed by atoms with Crippen molar-refractivity contribution in [3.8, 4) is 0 Å². The van der Waals surface area contributed by atoms with Gasteiger partial charge in [0.05, 0.1) is 4.90 Å². The highest BCUT2D eigenvalue weighted by Gasteiger charge is 2.14. The van der Waals surface area contributed by atoms with Gasteiger partial charge in [-0.1, -0.05) is 19.1 Å². The molecule has 3 N–H and O–H groups in total. The molecule has 0 heterocycles. The Morgan fingerprint density at radius 1 is 1.33 bits per heavy atom. The second kappa shape index (κ2) is 7.13. The molecule has 102 valence electrons. The Morgan fingerprint density at radius 2 is 1.94 bits per heavy atom. The minimum absolute atomic E-state index is 0.288. The second-order valence-corrected chi connectivity index (χ2v) is 6.94. The van der Waals surface area contributed by atoms with Gasteiger partial charge in [0.2, 0.25) is 10.0 Å². The van der Waals surface area contributed by atoms with Crippen LogP contribution in [0, 0.1) is 5.92 Å². The predicted octanol–water partition coefficient (Wildman–Crippen LogP) is 1.42. The highest BCUT2D eigenvalue weighted by Crippen LogP contribution is 2.11. The van der Waals surface area contributed by atoms with Crippen molar-refractivity contribution in [2.24, 2.45) is 11.7 Å². The van der Waals surface area contributed by atoms with Crippen LogP contribution in [0.15, 0.2) is 29.2 Å². The van der Waals surface area contributed by atoms with E-state index in [2.05, 4.69) is 4.72 Å². The quantitative estimate of drug-likeness (QED) is 0.796. The van der Waals surface area contributed by atoms with Gasteiger partial charge in [-0.15, -0.1) is 0 Å². The van der Waals surface area contributed by atoms with Crippen molar-refractivity contribution in [2.75, 3.05) is 18.6 Å². The topological polar surface area (TPSA) is 72.2 Å². The first-order valence-corrected chi connectivity index (χ1v) is 8.65. The van der Waals surface area contributed by atoms with Crippen molar-refractivity contribution in [1.82, 2.24) is 4.72 Å². The van der Waals surface area contributed by atoms with Crippen molar-refractivity contribution in [2.45, 2.75) is 18.4 Å². The molecule has 1 atom stereocenters. The fraction of sp³-hybridized carbons (Fsp3) is 0.500. The molecule has 0 aromatic heterocycles. The van der Waals surface area contributed by atoms with Crippen LogP contribution in [-0.2, 0) is 16.6 Å². The average Bonchev–Trinajstić information content (AvgIpc) is 2.37. The molecule has 0 saturated carbocycles. The minimum atomic E-state index is -3.40. The molecule has 0 amide bonds. The van der Waals surface area contributed by atoms with E-state index in [4.69, 9.17) is 5.73 Å². The highest BCUT2D eigenvalue weighted by atomic mass is 32.2. The number of nitrogens with one attached hydrogen (secondary N) is 1. The largest absolute Gasteiger partial charge is 0.326 e. The first-order valence-electron chi connectivity index (χ1n) is 5.77. The molecule has 0 aliphatic heterocycles. The summed E-state index contributed by atoms with van der Waals surface area (Å²) in [7, 11) is -3.40. The molecule has 0 radical (unpaired) electrons. The highest BCUT2D eigenvalue weighted by molar-refractivity contribution is 7.98. The molecule has 0 spiro atoms. The summed E-state index contributed by atoms with van der Waals surface area (Å²) in [4.78, 5) is 0.288. The fourth-order valence-corrected chi connectivity index (χ4v) is 3.34. The standard InChI is InChI=1S/C12H20N2O2S2/c1-10(9-17-2)8-14-18(15,16)12-5-3-11(7-13)4-6-12/h3-6,10,14H,7-9,13H2,1-2H3. The van der Waals surface area contributed by atoms with E-state index in [1.807, 2.05) is 13.2 Å². The van der Waals surface area contributed by atoms with Gasteiger partial charge in [-0.3, -0.25) is 0 Å². The monoisotopic (exact) mass is 288 g/mol. The minimum Gasteiger partial charge on any atom is -0.326 e. The van der Waals surface area contributed by atoms with Gasteiger partial charge in [-0.25, -0.2) is 13.1 Å². The van der Waals surface area contributed by atoms with Gasteiger partial charge in [-0.2, -0.15) is 11.8 Å². The van der Waals surface area contributed by atoms with Crippen LogP contribution in [0.25, 0.3) is 0 Å². The van der Waals surface area contributed by atoms with Gasteiger partial charge in [0, 0.05) is 13.1 Å². The van der Waals surface area contributed by atoms with Crippen molar-refractivity contribution in [3.63, 3.8) is 0 Å². The van der Waals surface area contributed by atoms with Gasteiger partial charge in [0.25, 0.3) is 0 Å². The summed E-state index contributed by atoms with van der Waals surface area (Å²) in [5.74, 6) is 1.26. The van der Waals surface area contributed by atoms with Crippen LogP contribution in [-0.4, -0.2) is 27.0 Å². The maximum Gasteiger partial charge on any atom is 0.240 e. The second-order valence-electron chi connectivity index (χ2n) is 4.26.